The van der Waals surface area contributed by atoms with Crippen LogP contribution in [0.15, 0.2) is 6.20 Å². The minimum Gasteiger partial charge on any atom is -0.480 e. The third-order valence-electron chi connectivity index (χ3n) is 3.09. The maximum atomic E-state index is 12.0. The summed E-state index contributed by atoms with van der Waals surface area (Å²) < 4.78 is 0. The maximum Gasteiger partial charge on any atom is 0.326 e. The van der Waals surface area contributed by atoms with Crippen LogP contribution in [-0.4, -0.2) is 45.4 Å². The molecule has 3 N–H and O–H groups in total. The van der Waals surface area contributed by atoms with E-state index < -0.39 is 23.8 Å². The quantitative estimate of drug-likeness (QED) is 0.669. The summed E-state index contributed by atoms with van der Waals surface area (Å²) in [6.07, 6.45) is 1.71. The van der Waals surface area contributed by atoms with Gasteiger partial charge in [-0.25, -0.2) is 14.8 Å². The molecule has 0 bridgehead atoms. The van der Waals surface area contributed by atoms with Gasteiger partial charge >= 0.3 is 5.97 Å². The minimum absolute atomic E-state index is 0.123. The molecular formula is C15H22N4O4. The Morgan fingerprint density at radius 2 is 1.91 bits per heavy atom. The van der Waals surface area contributed by atoms with Crippen LogP contribution in [0.3, 0.4) is 0 Å². The van der Waals surface area contributed by atoms with Crippen LogP contribution in [0.4, 0.5) is 0 Å². The predicted octanol–water partition coefficient (Wildman–Crippen LogP) is 0.439. The van der Waals surface area contributed by atoms with Gasteiger partial charge in [0, 0.05) is 6.20 Å². The molecular weight excluding hydrogens is 300 g/mol. The Balaban J connectivity index is 2.58. The lowest BCUT2D eigenvalue weighted by Gasteiger charge is -2.16. The maximum absolute atomic E-state index is 12.0. The molecule has 0 aliphatic rings. The molecule has 8 heteroatoms. The van der Waals surface area contributed by atoms with E-state index in [1.807, 2.05) is 13.8 Å². The van der Waals surface area contributed by atoms with Crippen LogP contribution in [0.5, 0.6) is 0 Å². The van der Waals surface area contributed by atoms with E-state index >= 15 is 0 Å². The average molecular weight is 322 g/mol. The zero-order valence-corrected chi connectivity index (χ0v) is 13.7. The van der Waals surface area contributed by atoms with Crippen molar-refractivity contribution in [3.8, 4) is 0 Å². The highest BCUT2D eigenvalue weighted by atomic mass is 16.4. The molecule has 0 aliphatic carbocycles. The van der Waals surface area contributed by atoms with E-state index in [4.69, 9.17) is 5.11 Å². The highest BCUT2D eigenvalue weighted by molar-refractivity contribution is 5.97. The van der Waals surface area contributed by atoms with Crippen LogP contribution in [0, 0.1) is 19.8 Å². The first-order valence-electron chi connectivity index (χ1n) is 7.31. The second kappa shape index (κ2) is 8.21. The molecule has 1 aromatic heterocycles. The summed E-state index contributed by atoms with van der Waals surface area (Å²) in [5, 5.41) is 13.9. The van der Waals surface area contributed by atoms with Gasteiger partial charge in [-0.15, -0.1) is 0 Å². The number of carboxylic acids is 1. The molecule has 0 aromatic carbocycles. The highest BCUT2D eigenvalue weighted by Gasteiger charge is 2.21. The van der Waals surface area contributed by atoms with E-state index in [2.05, 4.69) is 20.6 Å². The summed E-state index contributed by atoms with van der Waals surface area (Å²) in [5.41, 5.74) is 0.791. The Hall–Kier alpha value is -2.51. The number of hydrogen-bond acceptors (Lipinski definition) is 5. The first kappa shape index (κ1) is 18.5. The number of aryl methyl sites for hydroxylation is 2. The largest absolute Gasteiger partial charge is 0.480 e. The zero-order valence-electron chi connectivity index (χ0n) is 13.7. The van der Waals surface area contributed by atoms with Crippen LogP contribution in [-0.2, 0) is 9.59 Å². The summed E-state index contributed by atoms with van der Waals surface area (Å²) in [6.45, 7) is 6.80. The molecule has 0 fully saturated rings. The van der Waals surface area contributed by atoms with Crippen molar-refractivity contribution < 1.29 is 19.5 Å². The molecule has 2 amide bonds. The van der Waals surface area contributed by atoms with Crippen molar-refractivity contribution in [3.63, 3.8) is 0 Å². The molecule has 1 atom stereocenters. The number of aliphatic carboxylic acids is 1. The molecule has 0 aliphatic heterocycles. The van der Waals surface area contributed by atoms with Gasteiger partial charge in [-0.1, -0.05) is 13.8 Å². The number of nitrogens with zero attached hydrogens (tertiary/aromatic N) is 2. The van der Waals surface area contributed by atoms with Gasteiger partial charge in [0.15, 0.2) is 0 Å². The molecule has 8 nitrogen and oxygen atoms in total. The van der Waals surface area contributed by atoms with Gasteiger partial charge in [0.2, 0.25) is 5.91 Å². The number of carbonyl (C=O) groups is 3. The molecule has 1 rings (SSSR count). The number of hydrogen-bond donors (Lipinski definition) is 3. The third kappa shape index (κ3) is 6.01. The van der Waals surface area contributed by atoms with Gasteiger partial charge in [-0.05, 0) is 26.2 Å². The molecule has 0 unspecified atom stereocenters. The molecule has 23 heavy (non-hydrogen) atoms. The lowest BCUT2D eigenvalue weighted by Crippen LogP contribution is -2.46. The van der Waals surface area contributed by atoms with Crippen molar-refractivity contribution in [1.82, 2.24) is 20.6 Å². The summed E-state index contributed by atoms with van der Waals surface area (Å²) in [4.78, 5) is 42.9. The topological polar surface area (TPSA) is 121 Å². The first-order valence-corrected chi connectivity index (χ1v) is 7.31. The smallest absolute Gasteiger partial charge is 0.326 e. The fourth-order valence-electron chi connectivity index (χ4n) is 2.00. The molecule has 126 valence electrons. The number of rotatable bonds is 7. The lowest BCUT2D eigenvalue weighted by molar-refractivity contribution is -0.142. The summed E-state index contributed by atoms with van der Waals surface area (Å²) in [5.74, 6) is -1.46. The van der Waals surface area contributed by atoms with Crippen LogP contribution in [0.25, 0.3) is 0 Å². The van der Waals surface area contributed by atoms with Gasteiger partial charge in [0.05, 0.1) is 17.8 Å². The van der Waals surface area contributed by atoms with Gasteiger partial charge in [-0.2, -0.15) is 0 Å². The van der Waals surface area contributed by atoms with Crippen LogP contribution >= 0.6 is 0 Å². The zero-order chi connectivity index (χ0) is 17.6. The van der Waals surface area contributed by atoms with E-state index in [-0.39, 0.29) is 18.0 Å². The van der Waals surface area contributed by atoms with E-state index in [0.29, 0.717) is 17.9 Å². The van der Waals surface area contributed by atoms with Crippen molar-refractivity contribution >= 4 is 17.8 Å². The Bertz CT molecular complexity index is 601. The molecule has 0 saturated carbocycles. The van der Waals surface area contributed by atoms with E-state index in [0.717, 1.165) is 0 Å². The fourth-order valence-corrected chi connectivity index (χ4v) is 2.00. The Kier molecular flexibility index (Phi) is 6.62. The molecule has 0 saturated heterocycles. The normalized spacial score (nSPS) is 11.9. The fraction of sp³-hybridized carbons (Fsp3) is 0.533. The number of carbonyl (C=O) groups excluding carboxylic acids is 2. The number of carboxylic acid groups (broad SMARTS) is 1. The SMILES string of the molecule is Cc1ncc(C(=O)NCC(=O)N[C@@H](CC(C)C)C(=O)O)c(C)n1. The van der Waals surface area contributed by atoms with Gasteiger partial charge in [0.25, 0.3) is 5.91 Å². The predicted molar refractivity (Wildman–Crippen MR) is 82.9 cm³/mol. The number of amides is 2. The molecule has 1 aromatic rings. The van der Waals surface area contributed by atoms with Crippen molar-refractivity contribution in [3.05, 3.63) is 23.3 Å². The van der Waals surface area contributed by atoms with E-state index in [1.54, 1.807) is 13.8 Å². The van der Waals surface area contributed by atoms with E-state index in [1.165, 1.54) is 6.20 Å². The van der Waals surface area contributed by atoms with Crippen molar-refractivity contribution in [2.45, 2.75) is 40.2 Å². The Morgan fingerprint density at radius 3 is 2.43 bits per heavy atom. The third-order valence-corrected chi connectivity index (χ3v) is 3.09. The van der Waals surface area contributed by atoms with Gasteiger partial charge in [0.1, 0.15) is 11.9 Å². The van der Waals surface area contributed by atoms with Gasteiger partial charge in [-0.3, -0.25) is 9.59 Å². The van der Waals surface area contributed by atoms with Gasteiger partial charge < -0.3 is 15.7 Å². The minimum atomic E-state index is -1.10. The number of aromatic nitrogens is 2. The van der Waals surface area contributed by atoms with E-state index in [9.17, 15) is 14.4 Å². The molecule has 0 spiro atoms. The average Bonchev–Trinajstić information content (AvgIpc) is 2.43. The molecule has 0 radical (unpaired) electrons. The standard InChI is InChI=1S/C15H22N4O4/c1-8(2)5-12(15(22)23)19-13(20)7-17-14(21)11-6-16-10(4)18-9(11)3/h6,8,12H,5,7H2,1-4H3,(H,17,21)(H,19,20)(H,22,23)/t12-/m0/s1. The van der Waals surface area contributed by atoms with Crippen molar-refractivity contribution in [2.24, 2.45) is 5.92 Å². The monoisotopic (exact) mass is 322 g/mol. The van der Waals surface area contributed by atoms with Crippen molar-refractivity contribution in [2.75, 3.05) is 6.54 Å². The second-order valence-corrected chi connectivity index (χ2v) is 5.69. The Labute approximate surface area is 134 Å². The summed E-state index contributed by atoms with van der Waals surface area (Å²) in [7, 11) is 0. The second-order valence-electron chi connectivity index (χ2n) is 5.69. The van der Waals surface area contributed by atoms with Crippen LogP contribution < -0.4 is 10.6 Å². The molecule has 1 heterocycles. The summed E-state index contributed by atoms with van der Waals surface area (Å²) >= 11 is 0. The first-order chi connectivity index (χ1) is 10.7. The van der Waals surface area contributed by atoms with Crippen LogP contribution in [0.1, 0.15) is 42.1 Å². The Morgan fingerprint density at radius 1 is 1.26 bits per heavy atom. The van der Waals surface area contributed by atoms with Crippen molar-refractivity contribution in [1.29, 1.82) is 0 Å². The lowest BCUT2D eigenvalue weighted by atomic mass is 10.0. The number of nitrogens with one attached hydrogen (secondary N) is 2. The highest BCUT2D eigenvalue weighted by Crippen LogP contribution is 2.05. The summed E-state index contributed by atoms with van der Waals surface area (Å²) in [6, 6.07) is -0.969. The van der Waals surface area contributed by atoms with Crippen LogP contribution in [0.2, 0.25) is 0 Å².